The summed E-state index contributed by atoms with van der Waals surface area (Å²) in [6, 6.07) is 8.43. The van der Waals surface area contributed by atoms with Crippen LogP contribution in [0.2, 0.25) is 0 Å². The standard InChI is InChI=1S/C21H22N2O3/c1-5-21(3,4)23-20(26)18-12-15(8-9-22-18)11-17(24)13-16-10-14(2)6-7-19(16)25/h1,6-10,12,25H,11,13H2,2-4H3,(H,23,26). The summed E-state index contributed by atoms with van der Waals surface area (Å²) in [6.45, 7) is 5.33. The van der Waals surface area contributed by atoms with Gasteiger partial charge < -0.3 is 10.4 Å². The first-order valence-electron chi connectivity index (χ1n) is 8.25. The number of phenolic OH excluding ortho intramolecular Hbond substituents is 1. The number of aryl methyl sites for hydroxylation is 1. The van der Waals surface area contributed by atoms with Crippen LogP contribution in [0.25, 0.3) is 0 Å². The Bertz CT molecular complexity index is 879. The molecule has 0 aliphatic heterocycles. The summed E-state index contributed by atoms with van der Waals surface area (Å²) in [5, 5.41) is 12.6. The van der Waals surface area contributed by atoms with Crippen LogP contribution in [0.15, 0.2) is 36.5 Å². The Morgan fingerprint density at radius 3 is 2.65 bits per heavy atom. The van der Waals surface area contributed by atoms with Gasteiger partial charge in [0.25, 0.3) is 5.91 Å². The summed E-state index contributed by atoms with van der Waals surface area (Å²) < 4.78 is 0. The van der Waals surface area contributed by atoms with Gasteiger partial charge in [-0.15, -0.1) is 6.42 Å². The molecule has 1 aromatic heterocycles. The van der Waals surface area contributed by atoms with Crippen molar-refractivity contribution in [2.45, 2.75) is 39.2 Å². The number of ketones is 1. The summed E-state index contributed by atoms with van der Waals surface area (Å²) in [5.74, 6) is 2.14. The maximum absolute atomic E-state index is 12.3. The second-order valence-corrected chi connectivity index (χ2v) is 6.80. The number of aromatic nitrogens is 1. The van der Waals surface area contributed by atoms with Crippen molar-refractivity contribution in [2.75, 3.05) is 0 Å². The maximum Gasteiger partial charge on any atom is 0.271 e. The lowest BCUT2D eigenvalue weighted by Gasteiger charge is -2.19. The molecule has 0 radical (unpaired) electrons. The van der Waals surface area contributed by atoms with E-state index in [1.807, 2.05) is 6.92 Å². The van der Waals surface area contributed by atoms with Crippen molar-refractivity contribution in [3.63, 3.8) is 0 Å². The molecule has 0 fully saturated rings. The molecular formula is C21H22N2O3. The van der Waals surface area contributed by atoms with Gasteiger partial charge in [-0.2, -0.15) is 0 Å². The molecule has 1 heterocycles. The summed E-state index contributed by atoms with van der Waals surface area (Å²) in [5.41, 5.74) is 1.67. The number of Topliss-reactive ketones (excluding diaryl/α,β-unsaturated/α-hetero) is 1. The second-order valence-electron chi connectivity index (χ2n) is 6.80. The number of pyridine rings is 1. The summed E-state index contributed by atoms with van der Waals surface area (Å²) in [7, 11) is 0. The average Bonchev–Trinajstić information content (AvgIpc) is 2.58. The SMILES string of the molecule is C#CC(C)(C)NC(=O)c1cc(CC(=O)Cc2cc(C)ccc2O)ccn1. The lowest BCUT2D eigenvalue weighted by molar-refractivity contribution is -0.117. The highest BCUT2D eigenvalue weighted by Crippen LogP contribution is 2.19. The molecule has 0 aliphatic rings. The van der Waals surface area contributed by atoms with Crippen molar-refractivity contribution in [3.8, 4) is 18.1 Å². The third-order valence-corrected chi connectivity index (χ3v) is 3.87. The molecular weight excluding hydrogens is 328 g/mol. The first kappa shape index (κ1) is 19.2. The zero-order chi connectivity index (χ0) is 19.3. The van der Waals surface area contributed by atoms with Crippen LogP contribution in [0.5, 0.6) is 5.75 Å². The van der Waals surface area contributed by atoms with Crippen LogP contribution < -0.4 is 5.32 Å². The Hall–Kier alpha value is -3.13. The molecule has 0 saturated heterocycles. The molecule has 134 valence electrons. The quantitative estimate of drug-likeness (QED) is 0.785. The molecule has 0 unspecified atom stereocenters. The van der Waals surface area contributed by atoms with E-state index in [0.29, 0.717) is 11.1 Å². The van der Waals surface area contributed by atoms with Gasteiger partial charge in [-0.1, -0.05) is 23.6 Å². The number of aromatic hydroxyl groups is 1. The fourth-order valence-corrected chi connectivity index (χ4v) is 2.45. The largest absolute Gasteiger partial charge is 0.508 e. The van der Waals surface area contributed by atoms with Gasteiger partial charge in [0.15, 0.2) is 0 Å². The fraction of sp³-hybridized carbons (Fsp3) is 0.286. The number of amides is 1. The number of carbonyl (C=O) groups is 2. The highest BCUT2D eigenvalue weighted by atomic mass is 16.3. The number of nitrogens with one attached hydrogen (secondary N) is 1. The van der Waals surface area contributed by atoms with Crippen molar-refractivity contribution in [1.29, 1.82) is 0 Å². The van der Waals surface area contributed by atoms with Crippen molar-refractivity contribution in [3.05, 3.63) is 58.9 Å². The topological polar surface area (TPSA) is 79.3 Å². The van der Waals surface area contributed by atoms with Crippen molar-refractivity contribution >= 4 is 11.7 Å². The molecule has 0 bridgehead atoms. The van der Waals surface area contributed by atoms with E-state index in [0.717, 1.165) is 5.56 Å². The highest BCUT2D eigenvalue weighted by Gasteiger charge is 2.19. The van der Waals surface area contributed by atoms with Crippen LogP contribution in [0.4, 0.5) is 0 Å². The van der Waals surface area contributed by atoms with Crippen LogP contribution in [0.1, 0.15) is 41.0 Å². The van der Waals surface area contributed by atoms with E-state index in [-0.39, 0.29) is 30.1 Å². The normalized spacial score (nSPS) is 10.8. The lowest BCUT2D eigenvalue weighted by Crippen LogP contribution is -2.42. The average molecular weight is 350 g/mol. The predicted molar refractivity (Wildman–Crippen MR) is 99.9 cm³/mol. The summed E-state index contributed by atoms with van der Waals surface area (Å²) >= 11 is 0. The number of nitrogens with zero attached hydrogens (tertiary/aromatic N) is 1. The van der Waals surface area contributed by atoms with E-state index >= 15 is 0 Å². The molecule has 1 aromatic carbocycles. The smallest absolute Gasteiger partial charge is 0.271 e. The first-order chi connectivity index (χ1) is 12.2. The van der Waals surface area contributed by atoms with E-state index in [9.17, 15) is 14.7 Å². The van der Waals surface area contributed by atoms with Gasteiger partial charge in [-0.3, -0.25) is 14.6 Å². The third-order valence-electron chi connectivity index (χ3n) is 3.87. The molecule has 2 rings (SSSR count). The minimum absolute atomic E-state index is 0.0626. The molecule has 0 atom stereocenters. The van der Waals surface area contributed by atoms with Crippen molar-refractivity contribution in [1.82, 2.24) is 10.3 Å². The van der Waals surface area contributed by atoms with E-state index in [4.69, 9.17) is 6.42 Å². The Morgan fingerprint density at radius 1 is 1.23 bits per heavy atom. The van der Waals surface area contributed by atoms with E-state index in [1.54, 1.807) is 44.2 Å². The fourth-order valence-electron chi connectivity index (χ4n) is 2.45. The van der Waals surface area contributed by atoms with E-state index in [2.05, 4.69) is 16.2 Å². The van der Waals surface area contributed by atoms with Crippen LogP contribution in [-0.2, 0) is 17.6 Å². The van der Waals surface area contributed by atoms with Crippen LogP contribution in [0.3, 0.4) is 0 Å². The number of hydrogen-bond donors (Lipinski definition) is 2. The molecule has 5 heteroatoms. The minimum Gasteiger partial charge on any atom is -0.508 e. The maximum atomic E-state index is 12.3. The molecule has 1 amide bonds. The minimum atomic E-state index is -0.784. The first-order valence-corrected chi connectivity index (χ1v) is 8.25. The number of terminal acetylenes is 1. The lowest BCUT2D eigenvalue weighted by atomic mass is 10.0. The Labute approximate surface area is 153 Å². The van der Waals surface area contributed by atoms with E-state index < -0.39 is 11.4 Å². The van der Waals surface area contributed by atoms with Gasteiger partial charge in [0, 0.05) is 24.6 Å². The molecule has 0 saturated carbocycles. The van der Waals surface area contributed by atoms with Gasteiger partial charge in [-0.25, -0.2) is 0 Å². The third kappa shape index (κ3) is 5.18. The monoisotopic (exact) mass is 350 g/mol. The summed E-state index contributed by atoms with van der Waals surface area (Å²) in [6.07, 6.45) is 7.14. The Kier molecular flexibility index (Phi) is 5.78. The van der Waals surface area contributed by atoms with Gasteiger partial charge in [0.05, 0.1) is 5.54 Å². The summed E-state index contributed by atoms with van der Waals surface area (Å²) in [4.78, 5) is 28.6. The van der Waals surface area contributed by atoms with Crippen molar-refractivity contribution < 1.29 is 14.7 Å². The molecule has 26 heavy (non-hydrogen) atoms. The number of rotatable bonds is 6. The van der Waals surface area contributed by atoms with Crippen LogP contribution in [0, 0.1) is 19.3 Å². The number of benzene rings is 1. The van der Waals surface area contributed by atoms with Gasteiger partial charge in [0.2, 0.25) is 0 Å². The Morgan fingerprint density at radius 2 is 1.96 bits per heavy atom. The highest BCUT2D eigenvalue weighted by molar-refractivity contribution is 5.93. The van der Waals surface area contributed by atoms with E-state index in [1.165, 1.54) is 6.20 Å². The number of carbonyl (C=O) groups excluding carboxylic acids is 2. The molecule has 0 aliphatic carbocycles. The van der Waals surface area contributed by atoms with Crippen LogP contribution >= 0.6 is 0 Å². The van der Waals surface area contributed by atoms with Gasteiger partial charge in [0.1, 0.15) is 17.2 Å². The molecule has 2 N–H and O–H groups in total. The zero-order valence-electron chi connectivity index (χ0n) is 15.2. The van der Waals surface area contributed by atoms with Gasteiger partial charge in [-0.05, 0) is 44.5 Å². The van der Waals surface area contributed by atoms with Crippen LogP contribution in [-0.4, -0.2) is 27.3 Å². The number of phenols is 1. The zero-order valence-corrected chi connectivity index (χ0v) is 15.2. The molecule has 5 nitrogen and oxygen atoms in total. The Balaban J connectivity index is 2.08. The van der Waals surface area contributed by atoms with Gasteiger partial charge >= 0.3 is 0 Å². The molecule has 2 aromatic rings. The molecule has 0 spiro atoms. The van der Waals surface area contributed by atoms with Crippen molar-refractivity contribution in [2.24, 2.45) is 0 Å². The second kappa shape index (κ2) is 7.83. The predicted octanol–water partition coefficient (Wildman–Crippen LogP) is 2.59. The number of hydrogen-bond acceptors (Lipinski definition) is 4.